The second kappa shape index (κ2) is 6.23. The number of nitrogens with zero attached hydrogens (tertiary/aromatic N) is 2. The first-order chi connectivity index (χ1) is 11.3. The molecule has 2 heterocycles. The predicted molar refractivity (Wildman–Crippen MR) is 78.4 cm³/mol. The number of para-hydroxylation sites is 1. The molecule has 24 heavy (non-hydrogen) atoms. The van der Waals surface area contributed by atoms with Gasteiger partial charge >= 0.3 is 12.5 Å². The third kappa shape index (κ3) is 3.19. The molecule has 2 saturated heterocycles. The fourth-order valence-electron chi connectivity index (χ4n) is 3.49. The Morgan fingerprint density at radius 2 is 1.75 bits per heavy atom. The lowest BCUT2D eigenvalue weighted by molar-refractivity contribution is -0.253. The molecule has 1 aromatic rings. The Hall–Kier alpha value is -1.83. The van der Waals surface area contributed by atoms with Crippen LogP contribution in [0.25, 0.3) is 0 Å². The highest BCUT2D eigenvalue weighted by molar-refractivity contribution is 5.97. The number of carbonyl (C=O) groups is 1. The van der Waals surface area contributed by atoms with Crippen LogP contribution in [0, 0.1) is 11.8 Å². The van der Waals surface area contributed by atoms with Crippen LogP contribution >= 0.6 is 0 Å². The number of ether oxygens (including phenoxy) is 1. The molecule has 0 spiro atoms. The zero-order valence-corrected chi connectivity index (χ0v) is 13.1. The van der Waals surface area contributed by atoms with E-state index < -0.39 is 24.2 Å². The molecular formula is C16H18F4N2O2. The topological polar surface area (TPSA) is 32.8 Å². The van der Waals surface area contributed by atoms with E-state index in [2.05, 4.69) is 9.64 Å². The monoisotopic (exact) mass is 346 g/mol. The van der Waals surface area contributed by atoms with Crippen molar-refractivity contribution in [3.05, 3.63) is 29.8 Å². The van der Waals surface area contributed by atoms with Crippen LogP contribution in [0.2, 0.25) is 0 Å². The quantitative estimate of drug-likeness (QED) is 0.786. The van der Waals surface area contributed by atoms with E-state index in [1.54, 1.807) is 4.90 Å². The number of hydrogen-bond donors (Lipinski definition) is 0. The number of rotatable bonds is 4. The third-order valence-electron chi connectivity index (χ3n) is 4.57. The minimum absolute atomic E-state index is 0.119. The zero-order valence-electron chi connectivity index (χ0n) is 13.1. The summed E-state index contributed by atoms with van der Waals surface area (Å²) in [4.78, 5) is 16.4. The van der Waals surface area contributed by atoms with Crippen LogP contribution in [-0.2, 0) is 0 Å². The molecule has 1 amide bonds. The summed E-state index contributed by atoms with van der Waals surface area (Å²) in [5.74, 6) is -0.279. The molecule has 0 N–H and O–H groups in total. The van der Waals surface area contributed by atoms with Crippen LogP contribution in [0.5, 0.6) is 5.75 Å². The highest BCUT2D eigenvalue weighted by Crippen LogP contribution is 2.34. The molecular weight excluding hydrogens is 328 g/mol. The smallest absolute Gasteiger partial charge is 0.427 e. The molecule has 1 aromatic carbocycles. The average Bonchev–Trinajstić information content (AvgIpc) is 3.03. The van der Waals surface area contributed by atoms with Crippen molar-refractivity contribution >= 4 is 5.91 Å². The van der Waals surface area contributed by atoms with Crippen molar-refractivity contribution in [1.29, 1.82) is 0 Å². The Morgan fingerprint density at radius 1 is 1.17 bits per heavy atom. The van der Waals surface area contributed by atoms with E-state index in [0.717, 1.165) is 19.2 Å². The molecule has 2 aliphatic rings. The van der Waals surface area contributed by atoms with Crippen LogP contribution in [-0.4, -0.2) is 61.5 Å². The van der Waals surface area contributed by atoms with Crippen LogP contribution in [0.4, 0.5) is 17.6 Å². The van der Waals surface area contributed by atoms with E-state index in [1.165, 1.54) is 18.2 Å². The lowest BCUT2D eigenvalue weighted by Crippen LogP contribution is -2.36. The Morgan fingerprint density at radius 3 is 2.33 bits per heavy atom. The summed E-state index contributed by atoms with van der Waals surface area (Å²) in [5.41, 5.74) is -0.119. The van der Waals surface area contributed by atoms with Gasteiger partial charge in [-0.3, -0.25) is 4.79 Å². The number of amides is 1. The largest absolute Gasteiger partial charge is 0.461 e. The molecule has 0 aromatic heterocycles. The number of benzene rings is 1. The number of likely N-dealkylation sites (tertiary alicyclic amines) is 2. The Balaban J connectivity index is 1.77. The van der Waals surface area contributed by atoms with Crippen LogP contribution in [0.1, 0.15) is 10.4 Å². The van der Waals surface area contributed by atoms with E-state index in [-0.39, 0.29) is 5.56 Å². The maximum absolute atomic E-state index is 13.2. The minimum atomic E-state index is -4.64. The first-order valence-corrected chi connectivity index (χ1v) is 7.69. The fourth-order valence-corrected chi connectivity index (χ4v) is 3.49. The number of carbonyl (C=O) groups excluding carboxylic acids is 1. The van der Waals surface area contributed by atoms with Gasteiger partial charge in [0.1, 0.15) is 5.75 Å². The number of halogens is 4. The molecule has 3 rings (SSSR count). The van der Waals surface area contributed by atoms with Gasteiger partial charge in [0.05, 0.1) is 5.56 Å². The Bertz CT molecular complexity index is 612. The summed E-state index contributed by atoms with van der Waals surface area (Å²) in [5, 5.41) is 0. The molecule has 2 atom stereocenters. The molecule has 0 aliphatic carbocycles. The average molecular weight is 346 g/mol. The van der Waals surface area contributed by atoms with Crippen molar-refractivity contribution < 1.29 is 27.1 Å². The van der Waals surface area contributed by atoms with Gasteiger partial charge in [-0.15, -0.1) is 0 Å². The van der Waals surface area contributed by atoms with Crippen LogP contribution < -0.4 is 4.74 Å². The maximum atomic E-state index is 13.2. The van der Waals surface area contributed by atoms with Crippen molar-refractivity contribution in [1.82, 2.24) is 9.80 Å². The van der Waals surface area contributed by atoms with Gasteiger partial charge < -0.3 is 14.5 Å². The van der Waals surface area contributed by atoms with E-state index in [0.29, 0.717) is 24.9 Å². The molecule has 8 heteroatoms. The molecule has 132 valence electrons. The van der Waals surface area contributed by atoms with E-state index in [9.17, 15) is 22.4 Å². The maximum Gasteiger partial charge on any atom is 0.461 e. The lowest BCUT2D eigenvalue weighted by Gasteiger charge is -2.22. The van der Waals surface area contributed by atoms with Crippen molar-refractivity contribution in [3.8, 4) is 5.75 Å². The Kier molecular flexibility index (Phi) is 4.42. The predicted octanol–water partition coefficient (Wildman–Crippen LogP) is 2.56. The molecule has 4 nitrogen and oxygen atoms in total. The highest BCUT2D eigenvalue weighted by Gasteiger charge is 2.45. The summed E-state index contributed by atoms with van der Waals surface area (Å²) < 4.78 is 55.2. The van der Waals surface area contributed by atoms with Gasteiger partial charge in [-0.2, -0.15) is 17.6 Å². The SMILES string of the molecule is CN1C[C@@H]2CN(C(=O)c3ccccc3OC(F)(F)C(F)F)C[C@@H]2C1. The van der Waals surface area contributed by atoms with Gasteiger partial charge in [0.15, 0.2) is 0 Å². The summed E-state index contributed by atoms with van der Waals surface area (Å²) in [6.07, 6.45) is -8.61. The van der Waals surface area contributed by atoms with Gasteiger partial charge in [0.2, 0.25) is 0 Å². The minimum Gasteiger partial charge on any atom is -0.427 e. The lowest BCUT2D eigenvalue weighted by atomic mass is 10.0. The Labute approximate surface area is 137 Å². The third-order valence-corrected chi connectivity index (χ3v) is 4.57. The van der Waals surface area contributed by atoms with E-state index >= 15 is 0 Å². The summed E-state index contributed by atoms with van der Waals surface area (Å²) in [7, 11) is 2.01. The number of fused-ring (bicyclic) bond motifs is 1. The molecule has 2 aliphatic heterocycles. The van der Waals surface area contributed by atoms with Gasteiger partial charge in [0, 0.05) is 26.2 Å². The summed E-state index contributed by atoms with van der Waals surface area (Å²) in [6.45, 7) is 2.84. The first-order valence-electron chi connectivity index (χ1n) is 7.69. The standard InChI is InChI=1S/C16H18F4N2O2/c1-21-6-10-8-22(9-11(10)7-21)14(23)12-4-2-3-5-13(12)24-16(19,20)15(17)18/h2-5,10-11,15H,6-9H2,1H3/t10-,11+. The summed E-state index contributed by atoms with van der Waals surface area (Å²) in [6, 6.07) is 5.28. The number of alkyl halides is 4. The van der Waals surface area contributed by atoms with Crippen molar-refractivity contribution in [3.63, 3.8) is 0 Å². The summed E-state index contributed by atoms with van der Waals surface area (Å²) >= 11 is 0. The van der Waals surface area contributed by atoms with Crippen molar-refractivity contribution in [2.24, 2.45) is 11.8 Å². The van der Waals surface area contributed by atoms with Gasteiger partial charge in [-0.25, -0.2) is 0 Å². The molecule has 0 radical (unpaired) electrons. The second-order valence-electron chi connectivity index (χ2n) is 6.41. The molecule has 2 fully saturated rings. The zero-order chi connectivity index (χ0) is 17.5. The van der Waals surface area contributed by atoms with Crippen molar-refractivity contribution in [2.75, 3.05) is 33.2 Å². The molecule has 0 unspecified atom stereocenters. The van der Waals surface area contributed by atoms with Crippen molar-refractivity contribution in [2.45, 2.75) is 12.5 Å². The van der Waals surface area contributed by atoms with Gasteiger partial charge in [0.25, 0.3) is 5.91 Å². The second-order valence-corrected chi connectivity index (χ2v) is 6.41. The molecule has 0 bridgehead atoms. The first kappa shape index (κ1) is 17.0. The molecule has 0 saturated carbocycles. The van der Waals surface area contributed by atoms with Gasteiger partial charge in [-0.05, 0) is 31.0 Å². The number of hydrogen-bond acceptors (Lipinski definition) is 3. The van der Waals surface area contributed by atoms with E-state index in [4.69, 9.17) is 0 Å². The normalized spacial score (nSPS) is 24.5. The van der Waals surface area contributed by atoms with Crippen LogP contribution in [0.15, 0.2) is 24.3 Å². The van der Waals surface area contributed by atoms with Gasteiger partial charge in [-0.1, -0.05) is 12.1 Å². The van der Waals surface area contributed by atoms with E-state index in [1.807, 2.05) is 7.05 Å². The van der Waals surface area contributed by atoms with Crippen LogP contribution in [0.3, 0.4) is 0 Å². The fraction of sp³-hybridized carbons (Fsp3) is 0.562. The highest BCUT2D eigenvalue weighted by atomic mass is 19.3.